The van der Waals surface area contributed by atoms with Crippen LogP contribution in [0.25, 0.3) is 0 Å². The molecule has 7 heteroatoms. The van der Waals surface area contributed by atoms with Crippen LogP contribution in [-0.4, -0.2) is 29.9 Å². The summed E-state index contributed by atoms with van der Waals surface area (Å²) in [7, 11) is 0. The molecule has 1 aromatic rings. The summed E-state index contributed by atoms with van der Waals surface area (Å²) >= 11 is 5.61. The van der Waals surface area contributed by atoms with E-state index in [0.717, 1.165) is 6.07 Å². The molecule has 3 nitrogen and oxygen atoms in total. The first kappa shape index (κ1) is 17.6. The largest absolute Gasteiger partial charge is 0.418 e. The summed E-state index contributed by atoms with van der Waals surface area (Å²) in [6, 6.07) is 2.68. The maximum atomic E-state index is 13.0. The minimum absolute atomic E-state index is 0.00408. The van der Waals surface area contributed by atoms with Gasteiger partial charge in [-0.15, -0.1) is 0 Å². The van der Waals surface area contributed by atoms with Crippen molar-refractivity contribution in [2.45, 2.75) is 33.0 Å². The van der Waals surface area contributed by atoms with Crippen molar-refractivity contribution in [1.82, 2.24) is 4.90 Å². The molecule has 1 amide bonds. The zero-order valence-electron chi connectivity index (χ0n) is 12.1. The van der Waals surface area contributed by atoms with Gasteiger partial charge >= 0.3 is 6.18 Å². The fraction of sp³-hybridized carbons (Fsp3) is 0.500. The second kappa shape index (κ2) is 7.02. The van der Waals surface area contributed by atoms with Crippen molar-refractivity contribution in [2.75, 3.05) is 18.4 Å². The van der Waals surface area contributed by atoms with E-state index in [0.29, 0.717) is 13.1 Å². The average molecular weight is 323 g/mol. The third-order valence-corrected chi connectivity index (χ3v) is 3.34. The predicted molar refractivity (Wildman–Crippen MR) is 77.5 cm³/mol. The number of benzene rings is 1. The van der Waals surface area contributed by atoms with Crippen molar-refractivity contribution in [2.24, 2.45) is 0 Å². The van der Waals surface area contributed by atoms with E-state index in [-0.39, 0.29) is 16.6 Å². The molecule has 118 valence electrons. The van der Waals surface area contributed by atoms with Crippen molar-refractivity contribution in [3.63, 3.8) is 0 Å². The normalized spacial score (nSPS) is 12.9. The van der Waals surface area contributed by atoms with Gasteiger partial charge in [0.15, 0.2) is 0 Å². The molecule has 1 rings (SSSR count). The molecule has 0 fully saturated rings. The fourth-order valence-electron chi connectivity index (χ4n) is 1.98. The van der Waals surface area contributed by atoms with E-state index in [1.165, 1.54) is 19.1 Å². The van der Waals surface area contributed by atoms with Crippen molar-refractivity contribution < 1.29 is 18.0 Å². The number of likely N-dealkylation sites (N-methyl/N-ethyl adjacent to an activating group) is 1. The second-order valence-electron chi connectivity index (χ2n) is 4.56. The van der Waals surface area contributed by atoms with E-state index in [4.69, 9.17) is 11.6 Å². The Labute approximate surface area is 127 Å². The summed E-state index contributed by atoms with van der Waals surface area (Å²) < 4.78 is 38.9. The van der Waals surface area contributed by atoms with E-state index >= 15 is 0 Å². The van der Waals surface area contributed by atoms with Crippen LogP contribution in [0.2, 0.25) is 5.02 Å². The Bertz CT molecular complexity index is 501. The highest BCUT2D eigenvalue weighted by atomic mass is 35.5. The Kier molecular flexibility index (Phi) is 5.89. The summed E-state index contributed by atoms with van der Waals surface area (Å²) in [5, 5.41) is 2.62. The van der Waals surface area contributed by atoms with Gasteiger partial charge in [-0.3, -0.25) is 4.79 Å². The van der Waals surface area contributed by atoms with Crippen LogP contribution in [-0.2, 0) is 11.0 Å². The number of carbonyl (C=O) groups excluding carboxylic acids is 1. The number of anilines is 1. The number of carbonyl (C=O) groups is 1. The van der Waals surface area contributed by atoms with Crippen molar-refractivity contribution in [3.05, 3.63) is 28.8 Å². The first-order valence-corrected chi connectivity index (χ1v) is 7.00. The molecule has 1 N–H and O–H groups in total. The molecule has 0 aliphatic rings. The topological polar surface area (TPSA) is 32.3 Å². The molecule has 1 aromatic carbocycles. The average Bonchev–Trinajstić information content (AvgIpc) is 2.40. The SMILES string of the molecule is CCN(CC)C(=O)C(C)Nc1ccc(Cl)cc1C(F)(F)F. The predicted octanol–water partition coefficient (Wildman–Crippen LogP) is 4.03. The molecular weight excluding hydrogens is 305 g/mol. The van der Waals surface area contributed by atoms with Gasteiger partial charge in [-0.25, -0.2) is 0 Å². The van der Waals surface area contributed by atoms with Gasteiger partial charge in [0.25, 0.3) is 0 Å². The van der Waals surface area contributed by atoms with E-state index in [1.807, 2.05) is 13.8 Å². The lowest BCUT2D eigenvalue weighted by Crippen LogP contribution is -2.41. The zero-order valence-corrected chi connectivity index (χ0v) is 12.8. The Balaban J connectivity index is 3.00. The lowest BCUT2D eigenvalue weighted by Gasteiger charge is -2.25. The Morgan fingerprint density at radius 2 is 1.90 bits per heavy atom. The Morgan fingerprint density at radius 3 is 2.38 bits per heavy atom. The highest BCUT2D eigenvalue weighted by Gasteiger charge is 2.34. The van der Waals surface area contributed by atoms with Crippen molar-refractivity contribution in [1.29, 1.82) is 0 Å². The minimum atomic E-state index is -4.54. The smallest absolute Gasteiger partial charge is 0.373 e. The van der Waals surface area contributed by atoms with Gasteiger partial charge < -0.3 is 10.2 Å². The summed E-state index contributed by atoms with van der Waals surface area (Å²) in [6.45, 7) is 6.19. The number of alkyl halides is 3. The van der Waals surface area contributed by atoms with Gasteiger partial charge in [-0.1, -0.05) is 11.6 Å². The van der Waals surface area contributed by atoms with E-state index < -0.39 is 17.8 Å². The molecule has 1 atom stereocenters. The quantitative estimate of drug-likeness (QED) is 0.887. The maximum absolute atomic E-state index is 13.0. The maximum Gasteiger partial charge on any atom is 0.418 e. The van der Waals surface area contributed by atoms with Crippen LogP contribution in [0.15, 0.2) is 18.2 Å². The summed E-state index contributed by atoms with van der Waals surface area (Å²) in [4.78, 5) is 13.7. The fourth-order valence-corrected chi connectivity index (χ4v) is 2.15. The van der Waals surface area contributed by atoms with Gasteiger partial charge in [-0.05, 0) is 39.0 Å². The van der Waals surface area contributed by atoms with Crippen LogP contribution >= 0.6 is 11.6 Å². The number of nitrogens with zero attached hydrogens (tertiary/aromatic N) is 1. The number of amides is 1. The number of nitrogens with one attached hydrogen (secondary N) is 1. The number of halogens is 4. The molecule has 0 radical (unpaired) electrons. The molecule has 0 aliphatic carbocycles. The van der Waals surface area contributed by atoms with Crippen LogP contribution in [0.4, 0.5) is 18.9 Å². The molecule has 0 saturated heterocycles. The van der Waals surface area contributed by atoms with Crippen LogP contribution in [0, 0.1) is 0 Å². The van der Waals surface area contributed by atoms with E-state index in [1.54, 1.807) is 4.90 Å². The number of rotatable bonds is 5. The molecule has 0 aromatic heterocycles. The standard InChI is InChI=1S/C14H18ClF3N2O/c1-4-20(5-2)13(21)9(3)19-12-7-6-10(15)8-11(12)14(16,17)18/h6-9,19H,4-5H2,1-3H3. The minimum Gasteiger partial charge on any atom is -0.373 e. The zero-order chi connectivity index (χ0) is 16.2. The first-order chi connectivity index (χ1) is 9.70. The molecule has 0 aliphatic heterocycles. The van der Waals surface area contributed by atoms with Crippen LogP contribution < -0.4 is 5.32 Å². The van der Waals surface area contributed by atoms with Gasteiger partial charge in [0.1, 0.15) is 6.04 Å². The molecule has 0 saturated carbocycles. The van der Waals surface area contributed by atoms with E-state index in [9.17, 15) is 18.0 Å². The third kappa shape index (κ3) is 4.52. The molecule has 0 spiro atoms. The first-order valence-electron chi connectivity index (χ1n) is 6.62. The lowest BCUT2D eigenvalue weighted by atomic mass is 10.1. The van der Waals surface area contributed by atoms with Crippen molar-refractivity contribution >= 4 is 23.2 Å². The molecular formula is C14H18ClF3N2O. The molecule has 0 heterocycles. The summed E-state index contributed by atoms with van der Waals surface area (Å²) in [6.07, 6.45) is -4.54. The monoisotopic (exact) mass is 322 g/mol. The van der Waals surface area contributed by atoms with Crippen LogP contribution in [0.1, 0.15) is 26.3 Å². The van der Waals surface area contributed by atoms with Crippen molar-refractivity contribution in [3.8, 4) is 0 Å². The number of hydrogen-bond acceptors (Lipinski definition) is 2. The highest BCUT2D eigenvalue weighted by Crippen LogP contribution is 2.36. The van der Waals surface area contributed by atoms with Gasteiger partial charge in [0.05, 0.1) is 5.56 Å². The van der Waals surface area contributed by atoms with E-state index in [2.05, 4.69) is 5.32 Å². The third-order valence-electron chi connectivity index (χ3n) is 3.10. The van der Waals surface area contributed by atoms with Crippen LogP contribution in [0.3, 0.4) is 0 Å². The van der Waals surface area contributed by atoms with Gasteiger partial charge in [0.2, 0.25) is 5.91 Å². The number of hydrogen-bond donors (Lipinski definition) is 1. The van der Waals surface area contributed by atoms with Gasteiger partial charge in [-0.2, -0.15) is 13.2 Å². The Morgan fingerprint density at radius 1 is 1.33 bits per heavy atom. The van der Waals surface area contributed by atoms with Crippen LogP contribution in [0.5, 0.6) is 0 Å². The highest BCUT2D eigenvalue weighted by molar-refractivity contribution is 6.30. The molecule has 21 heavy (non-hydrogen) atoms. The second-order valence-corrected chi connectivity index (χ2v) is 5.00. The summed E-state index contributed by atoms with van der Waals surface area (Å²) in [5.41, 5.74) is -1.03. The summed E-state index contributed by atoms with van der Waals surface area (Å²) in [5.74, 6) is -0.247. The molecule has 1 unspecified atom stereocenters. The Hall–Kier alpha value is -1.43. The lowest BCUT2D eigenvalue weighted by molar-refractivity contribution is -0.137. The molecule has 0 bridgehead atoms. The van der Waals surface area contributed by atoms with Gasteiger partial charge in [0, 0.05) is 23.8 Å².